The smallest absolute Gasteiger partial charge is 0.143 e. The van der Waals surface area contributed by atoms with Gasteiger partial charge in [-0.05, 0) is 70.6 Å². The van der Waals surface area contributed by atoms with E-state index in [1.54, 1.807) is 13.1 Å². The van der Waals surface area contributed by atoms with Gasteiger partial charge in [0.05, 0.1) is 9.37 Å². The molecule has 1 aliphatic heterocycles. The van der Waals surface area contributed by atoms with Crippen LogP contribution in [0, 0.1) is 0 Å². The summed E-state index contributed by atoms with van der Waals surface area (Å²) in [6.07, 6.45) is 4.22. The van der Waals surface area contributed by atoms with Gasteiger partial charge in [-0.25, -0.2) is 18.3 Å². The highest BCUT2D eigenvalue weighted by Crippen LogP contribution is 2.37. The Morgan fingerprint density at radius 1 is 1.12 bits per heavy atom. The first-order chi connectivity index (χ1) is 15.4. The predicted molar refractivity (Wildman–Crippen MR) is 137 cm³/mol. The Morgan fingerprint density at radius 2 is 1.88 bits per heavy atom. The van der Waals surface area contributed by atoms with E-state index in [4.69, 9.17) is 23.2 Å². The van der Waals surface area contributed by atoms with Crippen LogP contribution in [-0.2, 0) is 22.8 Å². The summed E-state index contributed by atoms with van der Waals surface area (Å²) in [5.41, 5.74) is 4.93. The SMILES string of the molecule is CN=S(=O)(NCCCN1c2ccccc2CCc2ccc(Cl)cc21)c1cnc(Cl)c(Br)c1. The van der Waals surface area contributed by atoms with Crippen LogP contribution in [0.3, 0.4) is 0 Å². The zero-order chi connectivity index (χ0) is 22.7. The third kappa shape index (κ3) is 4.97. The minimum atomic E-state index is -2.80. The zero-order valence-corrected chi connectivity index (χ0v) is 21.4. The van der Waals surface area contributed by atoms with Crippen molar-refractivity contribution in [1.82, 2.24) is 9.71 Å². The molecule has 1 aromatic heterocycles. The molecule has 0 saturated carbocycles. The normalized spacial score (nSPS) is 14.8. The molecule has 1 aliphatic rings. The number of benzene rings is 2. The maximum Gasteiger partial charge on any atom is 0.143 e. The lowest BCUT2D eigenvalue weighted by Gasteiger charge is -2.27. The summed E-state index contributed by atoms with van der Waals surface area (Å²) in [5, 5.41) is 1.05. The van der Waals surface area contributed by atoms with Crippen LogP contribution in [0.4, 0.5) is 11.4 Å². The molecule has 0 bridgehead atoms. The average Bonchev–Trinajstić information content (AvgIpc) is 2.95. The van der Waals surface area contributed by atoms with E-state index >= 15 is 0 Å². The molecule has 0 fully saturated rings. The van der Waals surface area contributed by atoms with Crippen LogP contribution in [0.5, 0.6) is 0 Å². The molecule has 3 aromatic rings. The van der Waals surface area contributed by atoms with E-state index in [2.05, 4.69) is 65.2 Å². The molecule has 2 aromatic carbocycles. The van der Waals surface area contributed by atoms with Crippen molar-refractivity contribution in [3.63, 3.8) is 0 Å². The van der Waals surface area contributed by atoms with E-state index in [-0.39, 0.29) is 0 Å². The van der Waals surface area contributed by atoms with Gasteiger partial charge in [0.1, 0.15) is 15.1 Å². The van der Waals surface area contributed by atoms with Crippen LogP contribution in [0.15, 0.2) is 68.5 Å². The number of hydrogen-bond donors (Lipinski definition) is 1. The van der Waals surface area contributed by atoms with E-state index in [0.717, 1.165) is 36.5 Å². The molecule has 2 heterocycles. The van der Waals surface area contributed by atoms with Crippen LogP contribution >= 0.6 is 39.1 Å². The van der Waals surface area contributed by atoms with Gasteiger partial charge in [0.2, 0.25) is 0 Å². The number of nitrogens with one attached hydrogen (secondary N) is 1. The number of nitrogens with zero attached hydrogens (tertiary/aromatic N) is 3. The third-order valence-electron chi connectivity index (χ3n) is 5.49. The van der Waals surface area contributed by atoms with Gasteiger partial charge in [0, 0.05) is 42.7 Å². The third-order valence-corrected chi connectivity index (χ3v) is 8.83. The first kappa shape index (κ1) is 23.5. The molecule has 9 heteroatoms. The Balaban J connectivity index is 1.53. The fraction of sp³-hybridized carbons (Fsp3) is 0.261. The number of pyridine rings is 1. The number of rotatable bonds is 6. The molecule has 5 nitrogen and oxygen atoms in total. The van der Waals surface area contributed by atoms with Crippen molar-refractivity contribution in [1.29, 1.82) is 0 Å². The predicted octanol–water partition coefficient (Wildman–Crippen LogP) is 6.44. The summed E-state index contributed by atoms with van der Waals surface area (Å²) < 4.78 is 21.2. The summed E-state index contributed by atoms with van der Waals surface area (Å²) in [6.45, 7) is 1.27. The van der Waals surface area contributed by atoms with Gasteiger partial charge in [-0.2, -0.15) is 0 Å². The number of halogens is 3. The topological polar surface area (TPSA) is 57.6 Å². The monoisotopic (exact) mass is 552 g/mol. The molecule has 168 valence electrons. The first-order valence-electron chi connectivity index (χ1n) is 10.3. The number of aromatic nitrogens is 1. The van der Waals surface area contributed by atoms with E-state index < -0.39 is 9.92 Å². The minimum absolute atomic E-state index is 0.323. The van der Waals surface area contributed by atoms with Crippen LogP contribution in [0.25, 0.3) is 0 Å². The van der Waals surface area contributed by atoms with Crippen LogP contribution in [0.1, 0.15) is 17.5 Å². The van der Waals surface area contributed by atoms with E-state index in [9.17, 15) is 4.21 Å². The van der Waals surface area contributed by atoms with Crippen molar-refractivity contribution in [2.24, 2.45) is 4.36 Å². The minimum Gasteiger partial charge on any atom is -0.341 e. The summed E-state index contributed by atoms with van der Waals surface area (Å²) >= 11 is 15.7. The summed E-state index contributed by atoms with van der Waals surface area (Å²) in [7, 11) is -1.26. The number of hydrogen-bond acceptors (Lipinski definition) is 4. The Bertz CT molecular complexity index is 1260. The van der Waals surface area contributed by atoms with Crippen LogP contribution in [-0.4, -0.2) is 29.3 Å². The molecule has 1 unspecified atom stereocenters. The lowest BCUT2D eigenvalue weighted by Crippen LogP contribution is -2.28. The standard InChI is InChI=1S/C23H23BrCl2N4OS/c1-27-32(31,19-14-20(24)23(26)28-15-19)29-11-4-12-30-21-6-3-2-5-16(21)7-8-17-9-10-18(25)13-22(17)30/h2-3,5-6,9-10,13-15H,4,7-8,11-12H2,1H3,(H,27,29,31). The van der Waals surface area contributed by atoms with Gasteiger partial charge < -0.3 is 4.90 Å². The number of para-hydroxylation sites is 1. The second-order valence-corrected chi connectivity index (χ2v) is 11.3. The van der Waals surface area contributed by atoms with Crippen molar-refractivity contribution in [3.05, 3.63) is 80.5 Å². The van der Waals surface area contributed by atoms with Gasteiger partial charge >= 0.3 is 0 Å². The molecule has 4 rings (SSSR count). The first-order valence-corrected chi connectivity index (χ1v) is 13.3. The number of fused-ring (bicyclic) bond motifs is 2. The number of anilines is 2. The lowest BCUT2D eigenvalue weighted by atomic mass is 10.0. The Morgan fingerprint density at radius 3 is 2.62 bits per heavy atom. The highest BCUT2D eigenvalue weighted by Gasteiger charge is 2.21. The largest absolute Gasteiger partial charge is 0.341 e. The summed E-state index contributed by atoms with van der Waals surface area (Å²) in [5.74, 6) is 0. The van der Waals surface area contributed by atoms with E-state index in [0.29, 0.717) is 21.1 Å². The van der Waals surface area contributed by atoms with E-state index in [1.807, 2.05) is 12.1 Å². The van der Waals surface area contributed by atoms with Crippen molar-refractivity contribution in [2.75, 3.05) is 25.0 Å². The van der Waals surface area contributed by atoms with Crippen LogP contribution < -0.4 is 9.62 Å². The second-order valence-electron chi connectivity index (χ2n) is 7.45. The average molecular weight is 554 g/mol. The second kappa shape index (κ2) is 10.1. The van der Waals surface area contributed by atoms with Gasteiger partial charge in [0.25, 0.3) is 0 Å². The summed E-state index contributed by atoms with van der Waals surface area (Å²) in [6, 6.07) is 16.3. The quantitative estimate of drug-likeness (QED) is 0.282. The highest BCUT2D eigenvalue weighted by atomic mass is 79.9. The molecule has 0 aliphatic carbocycles. The van der Waals surface area contributed by atoms with Gasteiger partial charge in [-0.3, -0.25) is 0 Å². The Kier molecular flexibility index (Phi) is 7.42. The fourth-order valence-corrected chi connectivity index (χ4v) is 6.05. The van der Waals surface area contributed by atoms with Crippen LogP contribution in [0.2, 0.25) is 10.2 Å². The maximum atomic E-state index is 13.4. The molecular weight excluding hydrogens is 531 g/mol. The molecule has 1 atom stereocenters. The van der Waals surface area contributed by atoms with Gasteiger partial charge in [-0.15, -0.1) is 0 Å². The zero-order valence-electron chi connectivity index (χ0n) is 17.5. The molecule has 32 heavy (non-hydrogen) atoms. The lowest BCUT2D eigenvalue weighted by molar-refractivity contribution is 0.658. The van der Waals surface area contributed by atoms with Crippen molar-refractivity contribution in [2.45, 2.75) is 24.2 Å². The maximum absolute atomic E-state index is 13.4. The molecule has 0 spiro atoms. The molecular formula is C23H23BrCl2N4OS. The highest BCUT2D eigenvalue weighted by molar-refractivity contribution is 9.10. The fourth-order valence-electron chi connectivity index (χ4n) is 3.88. The Labute approximate surface area is 207 Å². The van der Waals surface area contributed by atoms with Crippen molar-refractivity contribution in [3.8, 4) is 0 Å². The molecule has 0 saturated heterocycles. The van der Waals surface area contributed by atoms with Crippen molar-refractivity contribution >= 4 is 60.4 Å². The summed E-state index contributed by atoms with van der Waals surface area (Å²) in [4.78, 5) is 6.89. The Hall–Kier alpha value is -1.64. The van der Waals surface area contributed by atoms with Gasteiger partial charge in [-0.1, -0.05) is 47.5 Å². The molecule has 1 N–H and O–H groups in total. The molecule has 0 radical (unpaired) electrons. The van der Waals surface area contributed by atoms with E-state index in [1.165, 1.54) is 23.0 Å². The van der Waals surface area contributed by atoms with Crippen molar-refractivity contribution < 1.29 is 4.21 Å². The number of aryl methyl sites for hydroxylation is 2. The molecule has 0 amide bonds. The van der Waals surface area contributed by atoms with Gasteiger partial charge in [0.15, 0.2) is 0 Å².